The van der Waals surface area contributed by atoms with E-state index in [0.717, 1.165) is 49.7 Å². The first kappa shape index (κ1) is 40.6. The summed E-state index contributed by atoms with van der Waals surface area (Å²) < 4.78 is 22.6. The summed E-state index contributed by atoms with van der Waals surface area (Å²) in [6.07, 6.45) is 4.47. The van der Waals surface area contributed by atoms with Crippen molar-refractivity contribution in [2.75, 3.05) is 39.7 Å². The highest BCUT2D eigenvalue weighted by Gasteiger charge is 2.32. The fraction of sp³-hybridized carbons (Fsp3) is 0.667. The zero-order valence-corrected chi connectivity index (χ0v) is 30.3. The molecule has 282 valence electrons. The third kappa shape index (κ3) is 11.4. The van der Waals surface area contributed by atoms with Crippen LogP contribution in [0.4, 0.5) is 0 Å². The number of hydrogen-bond donors (Lipinski definition) is 8. The molecule has 2 aliphatic rings. The number of ether oxygens (including phenoxy) is 4. The molecule has 12 nitrogen and oxygen atoms in total. The Bertz CT molecular complexity index is 1320. The van der Waals surface area contributed by atoms with Crippen molar-refractivity contribution in [3.8, 4) is 28.7 Å². The van der Waals surface area contributed by atoms with Gasteiger partial charge in [-0.1, -0.05) is 28.0 Å². The summed E-state index contributed by atoms with van der Waals surface area (Å²) in [5.41, 5.74) is 2.34. The molecule has 2 aromatic rings. The van der Waals surface area contributed by atoms with Gasteiger partial charge in [0, 0.05) is 30.1 Å². The standard InChI is InChI=1S/C36H54O12S2/c1-45-33-14-23(15-34(36(33)44)47-21-40)13-28-29(41)17-25(46-20-39)8-7-24-16-32(48-26-6-2-4-22(12-26)5-3-10-37)30(42)18-27(24)35(9-11-38)50-49-19-31(28)43/h14-16,18,22,25-26,28-29,31,35,37-44H,2-13,17,19-21H2,1H3/t22-,25-,26-,28-,29+,31+,35-/m0/s1. The SMILES string of the molecule is COc1cc(C[C@@H]2[C@H](O)CSS[C@@H](CCO)c3cc(O)c(O[C@H]4CCC[C@@H](CCCO)C4)cc3CC[C@H](OCO)C[C@H]2O)cc(OCO)c1O. The number of phenolic OH excluding ortho intramolecular Hbond substituents is 2. The maximum absolute atomic E-state index is 11.6. The summed E-state index contributed by atoms with van der Waals surface area (Å²) in [6.45, 7) is -1.14. The van der Waals surface area contributed by atoms with Gasteiger partial charge in [-0.05, 0) is 111 Å². The van der Waals surface area contributed by atoms with Crippen molar-refractivity contribution in [1.82, 2.24) is 0 Å². The smallest absolute Gasteiger partial charge is 0.200 e. The van der Waals surface area contributed by atoms with Crippen molar-refractivity contribution in [3.63, 3.8) is 0 Å². The van der Waals surface area contributed by atoms with E-state index in [1.165, 1.54) is 34.8 Å². The highest BCUT2D eigenvalue weighted by molar-refractivity contribution is 8.76. The molecule has 1 aliphatic carbocycles. The molecule has 0 unspecified atom stereocenters. The van der Waals surface area contributed by atoms with E-state index in [2.05, 4.69) is 0 Å². The number of rotatable bonds is 14. The van der Waals surface area contributed by atoms with Gasteiger partial charge < -0.3 is 59.8 Å². The van der Waals surface area contributed by atoms with E-state index >= 15 is 0 Å². The molecule has 1 saturated carbocycles. The number of aliphatic hydroxyl groups is 6. The minimum absolute atomic E-state index is 0.00287. The zero-order valence-electron chi connectivity index (χ0n) is 28.7. The van der Waals surface area contributed by atoms with E-state index in [-0.39, 0.29) is 66.2 Å². The topological polar surface area (TPSA) is 199 Å². The lowest BCUT2D eigenvalue weighted by Crippen LogP contribution is -2.38. The van der Waals surface area contributed by atoms with Gasteiger partial charge in [-0.15, -0.1) is 0 Å². The molecular formula is C36H54O12S2. The summed E-state index contributed by atoms with van der Waals surface area (Å²) in [4.78, 5) is 0. The number of aryl methyl sites for hydroxylation is 1. The average molecular weight is 743 g/mol. The Hall–Kier alpha value is -2.14. The van der Waals surface area contributed by atoms with Gasteiger partial charge in [0.2, 0.25) is 5.75 Å². The zero-order chi connectivity index (χ0) is 36.0. The minimum Gasteiger partial charge on any atom is -0.504 e. The molecule has 0 amide bonds. The Labute approximate surface area is 302 Å². The second kappa shape index (κ2) is 20.8. The van der Waals surface area contributed by atoms with E-state index < -0.39 is 37.8 Å². The average Bonchev–Trinajstić information content (AvgIpc) is 3.11. The number of fused-ring (bicyclic) bond motifs is 1. The maximum Gasteiger partial charge on any atom is 0.200 e. The first-order valence-corrected chi connectivity index (χ1v) is 19.8. The van der Waals surface area contributed by atoms with Crippen LogP contribution in [0.2, 0.25) is 0 Å². The van der Waals surface area contributed by atoms with Crippen molar-refractivity contribution in [2.24, 2.45) is 11.8 Å². The van der Waals surface area contributed by atoms with E-state index in [0.29, 0.717) is 36.5 Å². The van der Waals surface area contributed by atoms with Gasteiger partial charge in [0.15, 0.2) is 29.8 Å². The second-order valence-electron chi connectivity index (χ2n) is 13.2. The fourth-order valence-electron chi connectivity index (χ4n) is 7.12. The third-order valence-electron chi connectivity index (χ3n) is 9.73. The van der Waals surface area contributed by atoms with Crippen molar-refractivity contribution >= 4 is 21.6 Å². The number of hydrogen-bond acceptors (Lipinski definition) is 14. The first-order chi connectivity index (χ1) is 24.2. The molecule has 0 spiro atoms. The highest BCUT2D eigenvalue weighted by atomic mass is 33.1. The number of aliphatic hydroxyl groups excluding tert-OH is 6. The van der Waals surface area contributed by atoms with Gasteiger partial charge >= 0.3 is 0 Å². The summed E-state index contributed by atoms with van der Waals surface area (Å²) in [7, 11) is 4.27. The Kier molecular flexibility index (Phi) is 16.9. The van der Waals surface area contributed by atoms with Gasteiger partial charge in [-0.25, -0.2) is 0 Å². The molecule has 4 rings (SSSR count). The van der Waals surface area contributed by atoms with Gasteiger partial charge in [0.25, 0.3) is 0 Å². The fourth-order valence-corrected chi connectivity index (χ4v) is 10.0. The van der Waals surface area contributed by atoms with Gasteiger partial charge in [-0.3, -0.25) is 0 Å². The Morgan fingerprint density at radius 2 is 1.62 bits per heavy atom. The Balaban J connectivity index is 1.61. The lowest BCUT2D eigenvalue weighted by Gasteiger charge is -2.30. The van der Waals surface area contributed by atoms with Crippen LogP contribution in [0, 0.1) is 11.8 Å². The van der Waals surface area contributed by atoms with E-state index in [4.69, 9.17) is 18.9 Å². The molecule has 1 fully saturated rings. The van der Waals surface area contributed by atoms with Crippen LogP contribution >= 0.6 is 21.6 Å². The first-order valence-electron chi connectivity index (χ1n) is 17.5. The minimum atomic E-state index is -1.05. The summed E-state index contributed by atoms with van der Waals surface area (Å²) >= 11 is 0. The molecular weight excluding hydrogens is 689 g/mol. The summed E-state index contributed by atoms with van der Waals surface area (Å²) in [5, 5.41) is 82.9. The number of aromatic hydroxyl groups is 2. The maximum atomic E-state index is 11.6. The summed E-state index contributed by atoms with van der Waals surface area (Å²) in [5.74, 6) is 0.264. The van der Waals surface area contributed by atoms with Crippen LogP contribution in [0.25, 0.3) is 0 Å². The Morgan fingerprint density at radius 1 is 0.820 bits per heavy atom. The quantitative estimate of drug-likeness (QED) is 0.101. The van der Waals surface area contributed by atoms with Crippen molar-refractivity contribution in [2.45, 2.75) is 100 Å². The van der Waals surface area contributed by atoms with Crippen molar-refractivity contribution in [3.05, 3.63) is 41.0 Å². The largest absolute Gasteiger partial charge is 0.504 e. The van der Waals surface area contributed by atoms with Crippen LogP contribution in [0.1, 0.15) is 79.7 Å². The van der Waals surface area contributed by atoms with E-state index in [1.54, 1.807) is 12.1 Å². The lowest BCUT2D eigenvalue weighted by molar-refractivity contribution is -0.0808. The molecule has 2 aromatic carbocycles. The molecule has 50 heavy (non-hydrogen) atoms. The van der Waals surface area contributed by atoms with Crippen LogP contribution in [-0.4, -0.2) is 105 Å². The predicted molar refractivity (Wildman–Crippen MR) is 192 cm³/mol. The summed E-state index contributed by atoms with van der Waals surface area (Å²) in [6, 6.07) is 6.70. The molecule has 1 heterocycles. The van der Waals surface area contributed by atoms with Crippen LogP contribution in [0.5, 0.6) is 28.7 Å². The molecule has 14 heteroatoms. The molecule has 1 aliphatic heterocycles. The second-order valence-corrected chi connectivity index (χ2v) is 15.8. The monoisotopic (exact) mass is 742 g/mol. The Morgan fingerprint density at radius 3 is 2.34 bits per heavy atom. The molecule has 0 saturated heterocycles. The van der Waals surface area contributed by atoms with Crippen LogP contribution in [-0.2, 0) is 17.6 Å². The van der Waals surface area contributed by atoms with Gasteiger partial charge in [0.1, 0.15) is 6.79 Å². The predicted octanol–water partition coefficient (Wildman–Crippen LogP) is 4.20. The third-order valence-corrected chi connectivity index (χ3v) is 12.6. The van der Waals surface area contributed by atoms with E-state index in [9.17, 15) is 40.9 Å². The molecule has 0 aromatic heterocycles. The number of methoxy groups -OCH3 is 1. The number of phenols is 2. The van der Waals surface area contributed by atoms with Crippen molar-refractivity contribution < 1.29 is 59.8 Å². The molecule has 7 atom stereocenters. The molecule has 8 N–H and O–H groups in total. The van der Waals surface area contributed by atoms with Crippen LogP contribution in [0.15, 0.2) is 24.3 Å². The number of benzene rings is 2. The normalized spacial score (nSPS) is 26.6. The van der Waals surface area contributed by atoms with Gasteiger partial charge in [0.05, 0.1) is 31.5 Å². The van der Waals surface area contributed by atoms with Crippen LogP contribution in [0.3, 0.4) is 0 Å². The molecule has 0 bridgehead atoms. The van der Waals surface area contributed by atoms with Crippen molar-refractivity contribution in [1.29, 1.82) is 0 Å². The van der Waals surface area contributed by atoms with Gasteiger partial charge in [-0.2, -0.15) is 0 Å². The highest BCUT2D eigenvalue weighted by Crippen LogP contribution is 2.47. The van der Waals surface area contributed by atoms with Crippen LogP contribution < -0.4 is 14.2 Å². The lowest BCUT2D eigenvalue weighted by atomic mass is 9.84. The van der Waals surface area contributed by atoms with E-state index in [1.807, 2.05) is 6.07 Å². The molecule has 0 radical (unpaired) electrons.